The molecule has 22 heavy (non-hydrogen) atoms. The molecule has 1 aliphatic rings. The molecule has 0 atom stereocenters. The van der Waals surface area contributed by atoms with Gasteiger partial charge in [0, 0.05) is 28.4 Å². The van der Waals surface area contributed by atoms with Gasteiger partial charge in [0.05, 0.1) is 11.4 Å². The average molecular weight is 286 g/mol. The molecule has 3 aromatic rings. The van der Waals surface area contributed by atoms with Gasteiger partial charge in [0.1, 0.15) is 0 Å². The van der Waals surface area contributed by atoms with Crippen molar-refractivity contribution in [2.24, 2.45) is 0 Å². The van der Waals surface area contributed by atoms with Crippen molar-refractivity contribution in [1.82, 2.24) is 9.97 Å². The molecular formula is C20H18N2. The van der Waals surface area contributed by atoms with Crippen molar-refractivity contribution in [3.8, 4) is 22.4 Å². The predicted molar refractivity (Wildman–Crippen MR) is 89.8 cm³/mol. The Labute approximate surface area is 130 Å². The van der Waals surface area contributed by atoms with Gasteiger partial charge in [-0.2, -0.15) is 0 Å². The molecule has 2 nitrogen and oxygen atoms in total. The van der Waals surface area contributed by atoms with Gasteiger partial charge in [0.15, 0.2) is 0 Å². The van der Waals surface area contributed by atoms with E-state index in [1.807, 2.05) is 18.3 Å². The number of hydrogen-bond acceptors (Lipinski definition) is 2. The van der Waals surface area contributed by atoms with Crippen molar-refractivity contribution in [2.75, 3.05) is 0 Å². The summed E-state index contributed by atoms with van der Waals surface area (Å²) in [6, 6.07) is 17.0. The first-order valence-electron chi connectivity index (χ1n) is 7.62. The number of rotatable bonds is 1. The summed E-state index contributed by atoms with van der Waals surface area (Å²) < 4.78 is 0. The molecule has 0 bridgehead atoms. The van der Waals surface area contributed by atoms with E-state index in [4.69, 9.17) is 4.98 Å². The van der Waals surface area contributed by atoms with Crippen LogP contribution in [-0.4, -0.2) is 9.97 Å². The fourth-order valence-electron chi connectivity index (χ4n) is 3.38. The summed E-state index contributed by atoms with van der Waals surface area (Å²) in [7, 11) is 0. The molecule has 0 N–H and O–H groups in total. The zero-order chi connectivity index (χ0) is 15.3. The highest BCUT2D eigenvalue weighted by atomic mass is 14.7. The molecule has 0 radical (unpaired) electrons. The van der Waals surface area contributed by atoms with Gasteiger partial charge in [-0.25, -0.2) is 0 Å². The van der Waals surface area contributed by atoms with Crippen molar-refractivity contribution < 1.29 is 0 Å². The van der Waals surface area contributed by atoms with Crippen LogP contribution < -0.4 is 0 Å². The van der Waals surface area contributed by atoms with E-state index in [1.165, 1.54) is 22.4 Å². The summed E-state index contributed by atoms with van der Waals surface area (Å²) >= 11 is 0. The zero-order valence-electron chi connectivity index (χ0n) is 13.1. The molecule has 0 spiro atoms. The van der Waals surface area contributed by atoms with E-state index in [1.54, 1.807) is 0 Å². The maximum absolute atomic E-state index is 4.81. The van der Waals surface area contributed by atoms with Crippen LogP contribution in [0.1, 0.15) is 30.8 Å². The largest absolute Gasteiger partial charge is 0.257 e. The van der Waals surface area contributed by atoms with Crippen LogP contribution in [0.3, 0.4) is 0 Å². The zero-order valence-corrected chi connectivity index (χ0v) is 13.1. The SMILES string of the molecule is Cc1ccc2c(n1)C(C)(C)c1ccc(-c3ccccn3)cc1-2. The molecule has 1 aliphatic carbocycles. The second kappa shape index (κ2) is 4.51. The quantitative estimate of drug-likeness (QED) is 0.644. The Balaban J connectivity index is 1.96. The Hall–Kier alpha value is -2.48. The van der Waals surface area contributed by atoms with Crippen LogP contribution in [0.4, 0.5) is 0 Å². The van der Waals surface area contributed by atoms with Crippen LogP contribution in [0.15, 0.2) is 54.7 Å². The van der Waals surface area contributed by atoms with Crippen LogP contribution in [0.5, 0.6) is 0 Å². The predicted octanol–water partition coefficient (Wildman–Crippen LogP) is 4.76. The van der Waals surface area contributed by atoms with E-state index in [-0.39, 0.29) is 5.41 Å². The van der Waals surface area contributed by atoms with Crippen LogP contribution in [0, 0.1) is 6.92 Å². The highest BCUT2D eigenvalue weighted by Crippen LogP contribution is 2.48. The number of benzene rings is 1. The minimum Gasteiger partial charge on any atom is -0.257 e. The van der Waals surface area contributed by atoms with Crippen LogP contribution in [-0.2, 0) is 5.41 Å². The lowest BCUT2D eigenvalue weighted by Crippen LogP contribution is -2.17. The first-order chi connectivity index (χ1) is 10.6. The van der Waals surface area contributed by atoms with E-state index >= 15 is 0 Å². The Morgan fingerprint density at radius 1 is 0.909 bits per heavy atom. The van der Waals surface area contributed by atoms with Crippen molar-refractivity contribution in [1.29, 1.82) is 0 Å². The lowest BCUT2D eigenvalue weighted by molar-refractivity contribution is 0.634. The van der Waals surface area contributed by atoms with Crippen LogP contribution in [0.25, 0.3) is 22.4 Å². The summed E-state index contributed by atoms with van der Waals surface area (Å²) in [5.74, 6) is 0. The van der Waals surface area contributed by atoms with Crippen LogP contribution in [0.2, 0.25) is 0 Å². The topological polar surface area (TPSA) is 25.8 Å². The fraction of sp³-hybridized carbons (Fsp3) is 0.200. The lowest BCUT2D eigenvalue weighted by Gasteiger charge is -2.20. The van der Waals surface area contributed by atoms with Crippen molar-refractivity contribution in [3.63, 3.8) is 0 Å². The minimum absolute atomic E-state index is 0.0423. The van der Waals surface area contributed by atoms with E-state index in [9.17, 15) is 0 Å². The molecule has 0 aliphatic heterocycles. The lowest BCUT2D eigenvalue weighted by atomic mass is 9.85. The van der Waals surface area contributed by atoms with Crippen molar-refractivity contribution >= 4 is 0 Å². The van der Waals surface area contributed by atoms with Gasteiger partial charge in [-0.1, -0.05) is 38.1 Å². The standard InChI is InChI=1S/C20H18N2/c1-13-7-9-15-16-12-14(18-6-4-5-11-21-18)8-10-17(16)20(2,3)19(15)22-13/h4-12H,1-3H3. The van der Waals surface area contributed by atoms with Gasteiger partial charge in [-0.3, -0.25) is 9.97 Å². The van der Waals surface area contributed by atoms with Crippen LogP contribution >= 0.6 is 0 Å². The van der Waals surface area contributed by atoms with Gasteiger partial charge in [0.25, 0.3) is 0 Å². The average Bonchev–Trinajstić information content (AvgIpc) is 2.76. The molecular weight excluding hydrogens is 268 g/mol. The second-order valence-electron chi connectivity index (χ2n) is 6.45. The molecule has 0 saturated carbocycles. The molecule has 4 rings (SSSR count). The van der Waals surface area contributed by atoms with E-state index in [0.717, 1.165) is 17.0 Å². The molecule has 2 heterocycles. The maximum atomic E-state index is 4.81. The highest BCUT2D eigenvalue weighted by Gasteiger charge is 2.36. The molecule has 108 valence electrons. The first kappa shape index (κ1) is 13.2. The number of hydrogen-bond donors (Lipinski definition) is 0. The third-order valence-electron chi connectivity index (χ3n) is 4.57. The Morgan fingerprint density at radius 2 is 1.77 bits per heavy atom. The fourth-order valence-corrected chi connectivity index (χ4v) is 3.38. The smallest absolute Gasteiger partial charge is 0.0702 e. The highest BCUT2D eigenvalue weighted by molar-refractivity contribution is 5.82. The first-order valence-corrected chi connectivity index (χ1v) is 7.62. The summed E-state index contributed by atoms with van der Waals surface area (Å²) in [5, 5.41) is 0. The molecule has 2 aromatic heterocycles. The third-order valence-corrected chi connectivity index (χ3v) is 4.57. The monoisotopic (exact) mass is 286 g/mol. The number of aryl methyl sites for hydroxylation is 1. The number of pyridine rings is 2. The number of aromatic nitrogens is 2. The van der Waals surface area contributed by atoms with Gasteiger partial charge in [-0.15, -0.1) is 0 Å². The van der Waals surface area contributed by atoms with Gasteiger partial charge in [0.2, 0.25) is 0 Å². The summed E-state index contributed by atoms with van der Waals surface area (Å²) in [6.07, 6.45) is 1.84. The Kier molecular flexibility index (Phi) is 2.70. The third kappa shape index (κ3) is 1.80. The van der Waals surface area contributed by atoms with Crippen molar-refractivity contribution in [2.45, 2.75) is 26.2 Å². The number of fused-ring (bicyclic) bond motifs is 3. The summed E-state index contributed by atoms with van der Waals surface area (Å²) in [6.45, 7) is 6.56. The van der Waals surface area contributed by atoms with Gasteiger partial charge >= 0.3 is 0 Å². The minimum atomic E-state index is -0.0423. The molecule has 0 saturated heterocycles. The Morgan fingerprint density at radius 3 is 2.55 bits per heavy atom. The van der Waals surface area contributed by atoms with Crippen molar-refractivity contribution in [3.05, 3.63) is 71.7 Å². The van der Waals surface area contributed by atoms with E-state index < -0.39 is 0 Å². The maximum Gasteiger partial charge on any atom is 0.0702 e. The van der Waals surface area contributed by atoms with E-state index in [2.05, 4.69) is 62.2 Å². The molecule has 0 fully saturated rings. The molecule has 2 heteroatoms. The van der Waals surface area contributed by atoms with Gasteiger partial charge < -0.3 is 0 Å². The molecule has 0 unspecified atom stereocenters. The normalized spacial score (nSPS) is 14.5. The summed E-state index contributed by atoms with van der Waals surface area (Å²) in [5.41, 5.74) is 8.27. The molecule has 1 aromatic carbocycles. The summed E-state index contributed by atoms with van der Waals surface area (Å²) in [4.78, 5) is 9.27. The number of nitrogens with zero attached hydrogens (tertiary/aromatic N) is 2. The second-order valence-corrected chi connectivity index (χ2v) is 6.45. The van der Waals surface area contributed by atoms with E-state index in [0.29, 0.717) is 0 Å². The Bertz CT molecular complexity index is 864. The molecule has 0 amide bonds. The van der Waals surface area contributed by atoms with Gasteiger partial charge in [-0.05, 0) is 42.3 Å².